The van der Waals surface area contributed by atoms with Crippen molar-refractivity contribution in [1.82, 2.24) is 19.6 Å². The molecule has 0 saturated carbocycles. The lowest BCUT2D eigenvalue weighted by atomic mass is 10.1. The molecule has 0 bridgehead atoms. The van der Waals surface area contributed by atoms with Crippen molar-refractivity contribution in [2.75, 3.05) is 26.2 Å². The van der Waals surface area contributed by atoms with Crippen LogP contribution in [0.4, 0.5) is 4.39 Å². The summed E-state index contributed by atoms with van der Waals surface area (Å²) in [5.41, 5.74) is 1.49. The van der Waals surface area contributed by atoms with E-state index < -0.39 is 5.82 Å². The Morgan fingerprint density at radius 1 is 1.03 bits per heavy atom. The quantitative estimate of drug-likeness (QED) is 0.729. The van der Waals surface area contributed by atoms with Crippen LogP contribution >= 0.6 is 11.6 Å². The van der Waals surface area contributed by atoms with Crippen molar-refractivity contribution < 1.29 is 14.0 Å². The summed E-state index contributed by atoms with van der Waals surface area (Å²) < 4.78 is 15.2. The van der Waals surface area contributed by atoms with E-state index >= 15 is 0 Å². The maximum Gasteiger partial charge on any atom is 0.274 e. The largest absolute Gasteiger partial charge is 0.335 e. The van der Waals surface area contributed by atoms with Crippen molar-refractivity contribution in [3.05, 3.63) is 52.1 Å². The molecule has 1 aromatic heterocycles. The molecule has 1 aliphatic rings. The fraction of sp³-hybridized carbons (Fsp3) is 0.500. The Kier molecular flexibility index (Phi) is 6.22. The highest BCUT2D eigenvalue weighted by atomic mass is 35.5. The van der Waals surface area contributed by atoms with Gasteiger partial charge in [0.2, 0.25) is 0 Å². The number of hydrogen-bond acceptors (Lipinski definition) is 3. The van der Waals surface area contributed by atoms with Crippen LogP contribution in [0.3, 0.4) is 0 Å². The average Bonchev–Trinajstić information content (AvgIpc) is 3.13. The first-order chi connectivity index (χ1) is 14.0. The van der Waals surface area contributed by atoms with Gasteiger partial charge in [-0.2, -0.15) is 5.10 Å². The minimum atomic E-state index is -0.484. The lowest BCUT2D eigenvalue weighted by molar-refractivity contribution is 0.0531. The Bertz CT molecular complexity index is 957. The molecule has 0 radical (unpaired) electrons. The number of rotatable bonds is 3. The molecule has 1 aromatic carbocycles. The molecule has 0 atom stereocenters. The van der Waals surface area contributed by atoms with E-state index in [0.717, 1.165) is 11.8 Å². The molecular weight excluding hydrogens is 407 g/mol. The van der Waals surface area contributed by atoms with Crippen molar-refractivity contribution >= 4 is 23.4 Å². The van der Waals surface area contributed by atoms with Gasteiger partial charge >= 0.3 is 0 Å². The standard InChI is InChI=1S/C22H28ClFN4O2/c1-14(2)19-13-18(25-28(19)22(3,4)5)21(30)27-10-8-26(9-11-27)20(29)16-7-6-15(24)12-17(16)23/h6-7,12-14H,8-11H2,1-5H3. The minimum Gasteiger partial charge on any atom is -0.335 e. The predicted octanol–water partition coefficient (Wildman–Crippen LogP) is 4.15. The first kappa shape index (κ1) is 22.3. The second kappa shape index (κ2) is 8.38. The Labute approximate surface area is 181 Å². The summed E-state index contributed by atoms with van der Waals surface area (Å²) in [6.07, 6.45) is 0. The summed E-state index contributed by atoms with van der Waals surface area (Å²) in [5, 5.41) is 4.68. The van der Waals surface area contributed by atoms with E-state index in [-0.39, 0.29) is 33.9 Å². The number of carbonyl (C=O) groups is 2. The van der Waals surface area contributed by atoms with Gasteiger partial charge in [0.1, 0.15) is 5.82 Å². The number of nitrogens with zero attached hydrogens (tertiary/aromatic N) is 4. The van der Waals surface area contributed by atoms with Gasteiger partial charge < -0.3 is 9.80 Å². The SMILES string of the molecule is CC(C)c1cc(C(=O)N2CCN(C(=O)c3ccc(F)cc3Cl)CC2)nn1C(C)(C)C. The molecule has 0 aliphatic carbocycles. The number of amides is 2. The monoisotopic (exact) mass is 434 g/mol. The molecule has 30 heavy (non-hydrogen) atoms. The van der Waals surface area contributed by atoms with Gasteiger partial charge in [-0.15, -0.1) is 0 Å². The summed E-state index contributed by atoms with van der Waals surface area (Å²) in [4.78, 5) is 29.1. The molecule has 0 unspecified atom stereocenters. The van der Waals surface area contributed by atoms with Gasteiger partial charge in [-0.25, -0.2) is 4.39 Å². The molecule has 1 aliphatic heterocycles. The summed E-state index contributed by atoms with van der Waals surface area (Å²) in [7, 11) is 0. The van der Waals surface area contributed by atoms with Gasteiger partial charge in [-0.1, -0.05) is 25.4 Å². The fourth-order valence-electron chi connectivity index (χ4n) is 3.56. The molecule has 0 spiro atoms. The van der Waals surface area contributed by atoms with Gasteiger partial charge in [-0.3, -0.25) is 14.3 Å². The van der Waals surface area contributed by atoms with Crippen LogP contribution in [0, 0.1) is 5.82 Å². The fourth-order valence-corrected chi connectivity index (χ4v) is 3.80. The van der Waals surface area contributed by atoms with Crippen LogP contribution < -0.4 is 0 Å². The molecule has 8 heteroatoms. The van der Waals surface area contributed by atoms with Gasteiger partial charge in [-0.05, 0) is 51.0 Å². The Hall–Kier alpha value is -2.41. The average molecular weight is 435 g/mol. The van der Waals surface area contributed by atoms with Crippen LogP contribution in [0.2, 0.25) is 5.02 Å². The maximum atomic E-state index is 13.2. The second-order valence-electron chi connectivity index (χ2n) is 8.90. The number of piperazine rings is 1. The van der Waals surface area contributed by atoms with E-state index in [1.807, 2.05) is 10.7 Å². The van der Waals surface area contributed by atoms with Gasteiger partial charge in [0.05, 0.1) is 16.1 Å². The maximum absolute atomic E-state index is 13.2. The molecule has 162 valence electrons. The zero-order chi connectivity index (χ0) is 22.2. The van der Waals surface area contributed by atoms with E-state index in [9.17, 15) is 14.0 Å². The molecule has 3 rings (SSSR count). The molecule has 1 fully saturated rings. The van der Waals surface area contributed by atoms with E-state index in [2.05, 4.69) is 39.7 Å². The summed E-state index contributed by atoms with van der Waals surface area (Å²) >= 11 is 6.02. The lowest BCUT2D eigenvalue weighted by Gasteiger charge is -2.34. The van der Waals surface area contributed by atoms with Crippen LogP contribution in [-0.4, -0.2) is 57.6 Å². The van der Waals surface area contributed by atoms with Crippen LogP contribution in [0.25, 0.3) is 0 Å². The van der Waals surface area contributed by atoms with Crippen molar-refractivity contribution in [2.24, 2.45) is 0 Å². The van der Waals surface area contributed by atoms with Crippen LogP contribution in [0.5, 0.6) is 0 Å². The zero-order valence-corrected chi connectivity index (χ0v) is 18.8. The van der Waals surface area contributed by atoms with E-state index in [0.29, 0.717) is 31.9 Å². The number of hydrogen-bond donors (Lipinski definition) is 0. The normalized spacial score (nSPS) is 15.1. The molecule has 2 amide bonds. The molecule has 1 saturated heterocycles. The third-order valence-electron chi connectivity index (χ3n) is 5.20. The highest BCUT2D eigenvalue weighted by molar-refractivity contribution is 6.33. The number of carbonyl (C=O) groups excluding carboxylic acids is 2. The number of aromatic nitrogens is 2. The number of benzene rings is 1. The van der Waals surface area contributed by atoms with Crippen molar-refractivity contribution in [2.45, 2.75) is 46.1 Å². The Morgan fingerprint density at radius 2 is 1.60 bits per heavy atom. The first-order valence-electron chi connectivity index (χ1n) is 10.1. The van der Waals surface area contributed by atoms with E-state index in [1.54, 1.807) is 9.80 Å². The summed E-state index contributed by atoms with van der Waals surface area (Å²) in [5.74, 6) is -0.631. The highest BCUT2D eigenvalue weighted by Gasteiger charge is 2.29. The highest BCUT2D eigenvalue weighted by Crippen LogP contribution is 2.25. The van der Waals surface area contributed by atoms with Crippen LogP contribution in [0.15, 0.2) is 24.3 Å². The topological polar surface area (TPSA) is 58.4 Å². The van der Waals surface area contributed by atoms with E-state index in [1.165, 1.54) is 12.1 Å². The van der Waals surface area contributed by atoms with Gasteiger partial charge in [0.15, 0.2) is 5.69 Å². The zero-order valence-electron chi connectivity index (χ0n) is 18.1. The Balaban J connectivity index is 1.71. The van der Waals surface area contributed by atoms with E-state index in [4.69, 9.17) is 11.6 Å². The minimum absolute atomic E-state index is 0.0902. The van der Waals surface area contributed by atoms with Gasteiger partial charge in [0, 0.05) is 31.9 Å². The predicted molar refractivity (Wildman–Crippen MR) is 115 cm³/mol. The first-order valence-corrected chi connectivity index (χ1v) is 10.5. The van der Waals surface area contributed by atoms with Crippen molar-refractivity contribution in [3.63, 3.8) is 0 Å². The van der Waals surface area contributed by atoms with Gasteiger partial charge in [0.25, 0.3) is 11.8 Å². The third kappa shape index (κ3) is 4.51. The number of halogens is 2. The second-order valence-corrected chi connectivity index (χ2v) is 9.31. The molecule has 2 aromatic rings. The lowest BCUT2D eigenvalue weighted by Crippen LogP contribution is -2.50. The van der Waals surface area contributed by atoms with Crippen molar-refractivity contribution in [1.29, 1.82) is 0 Å². The molecule has 0 N–H and O–H groups in total. The molecule has 6 nitrogen and oxygen atoms in total. The molecule has 2 heterocycles. The molecular formula is C22H28ClFN4O2. The van der Waals surface area contributed by atoms with Crippen LogP contribution in [0.1, 0.15) is 67.1 Å². The van der Waals surface area contributed by atoms with Crippen LogP contribution in [-0.2, 0) is 5.54 Å². The van der Waals surface area contributed by atoms with Crippen molar-refractivity contribution in [3.8, 4) is 0 Å². The smallest absolute Gasteiger partial charge is 0.274 e. The summed E-state index contributed by atoms with van der Waals surface area (Å²) in [6.45, 7) is 11.9. The third-order valence-corrected chi connectivity index (χ3v) is 5.51. The Morgan fingerprint density at radius 3 is 2.07 bits per heavy atom. The summed E-state index contributed by atoms with van der Waals surface area (Å²) in [6, 6.07) is 5.61.